The lowest BCUT2D eigenvalue weighted by Gasteiger charge is -2.23. The van der Waals surface area contributed by atoms with E-state index >= 15 is 0 Å². The van der Waals surface area contributed by atoms with Gasteiger partial charge < -0.3 is 10.4 Å². The first-order valence-corrected chi connectivity index (χ1v) is 7.70. The van der Waals surface area contributed by atoms with E-state index in [0.717, 1.165) is 17.5 Å². The first-order valence-electron chi connectivity index (χ1n) is 7.70. The summed E-state index contributed by atoms with van der Waals surface area (Å²) in [4.78, 5) is 23.8. The van der Waals surface area contributed by atoms with Gasteiger partial charge in [0.2, 0.25) is 0 Å². The summed E-state index contributed by atoms with van der Waals surface area (Å²) in [6.45, 7) is 3.65. The minimum absolute atomic E-state index is 0.269. The normalized spacial score (nSPS) is 13.1. The number of carbonyl (C=O) groups excluding carboxylic acids is 1. The van der Waals surface area contributed by atoms with Crippen molar-refractivity contribution in [1.82, 2.24) is 5.32 Å². The molecule has 0 bridgehead atoms. The summed E-state index contributed by atoms with van der Waals surface area (Å²) in [6.07, 6.45) is 0.907. The third-order valence-electron chi connectivity index (χ3n) is 3.96. The maximum atomic E-state index is 12.5. The maximum absolute atomic E-state index is 12.5. The van der Waals surface area contributed by atoms with Crippen LogP contribution in [-0.4, -0.2) is 17.0 Å². The Balaban J connectivity index is 2.22. The van der Waals surface area contributed by atoms with Crippen molar-refractivity contribution in [2.75, 3.05) is 0 Å². The van der Waals surface area contributed by atoms with E-state index < -0.39 is 17.9 Å². The van der Waals surface area contributed by atoms with Crippen LogP contribution in [0.2, 0.25) is 0 Å². The monoisotopic (exact) mass is 311 g/mol. The minimum atomic E-state index is -0.944. The lowest BCUT2D eigenvalue weighted by molar-refractivity contribution is -0.142. The van der Waals surface area contributed by atoms with Gasteiger partial charge in [0, 0.05) is 5.56 Å². The van der Waals surface area contributed by atoms with Crippen molar-refractivity contribution < 1.29 is 14.7 Å². The molecule has 0 saturated heterocycles. The van der Waals surface area contributed by atoms with Crippen molar-refractivity contribution in [3.63, 3.8) is 0 Å². The molecule has 0 aliphatic carbocycles. The highest BCUT2D eigenvalue weighted by Gasteiger charge is 2.27. The van der Waals surface area contributed by atoms with E-state index in [-0.39, 0.29) is 5.91 Å². The summed E-state index contributed by atoms with van der Waals surface area (Å²) in [7, 11) is 0. The molecule has 2 rings (SSSR count). The Morgan fingerprint density at radius 1 is 1.04 bits per heavy atom. The zero-order valence-corrected chi connectivity index (χ0v) is 13.3. The van der Waals surface area contributed by atoms with Gasteiger partial charge in [0.1, 0.15) is 0 Å². The Labute approximate surface area is 136 Å². The molecule has 2 atom stereocenters. The standard InChI is InChI=1S/C19H21NO3/c1-3-14-9-11-16(12-10-14)18(21)20-17(13(2)19(22)23)15-7-5-4-6-8-15/h4-13,17H,3H2,1-2H3,(H,20,21)(H,22,23). The number of hydrogen-bond donors (Lipinski definition) is 2. The number of carbonyl (C=O) groups is 2. The third-order valence-corrected chi connectivity index (χ3v) is 3.96. The van der Waals surface area contributed by atoms with Gasteiger partial charge in [-0.1, -0.05) is 49.4 Å². The smallest absolute Gasteiger partial charge is 0.308 e. The predicted octanol–water partition coefficient (Wildman–Crippen LogP) is 3.44. The molecule has 0 radical (unpaired) electrons. The van der Waals surface area contributed by atoms with Gasteiger partial charge in [0.15, 0.2) is 0 Å². The highest BCUT2D eigenvalue weighted by Crippen LogP contribution is 2.22. The van der Waals surface area contributed by atoms with Crippen LogP contribution in [0.3, 0.4) is 0 Å². The number of hydrogen-bond acceptors (Lipinski definition) is 2. The number of nitrogens with one attached hydrogen (secondary N) is 1. The minimum Gasteiger partial charge on any atom is -0.481 e. The van der Waals surface area contributed by atoms with Crippen LogP contribution in [0, 0.1) is 5.92 Å². The number of rotatable bonds is 6. The SMILES string of the molecule is CCc1ccc(C(=O)NC(c2ccccc2)C(C)C(=O)O)cc1. The number of carboxylic acids is 1. The third kappa shape index (κ3) is 4.19. The first kappa shape index (κ1) is 16.7. The van der Waals surface area contributed by atoms with Gasteiger partial charge in [-0.3, -0.25) is 9.59 Å². The molecule has 23 heavy (non-hydrogen) atoms. The van der Waals surface area contributed by atoms with Crippen molar-refractivity contribution in [2.24, 2.45) is 5.92 Å². The molecule has 4 nitrogen and oxygen atoms in total. The quantitative estimate of drug-likeness (QED) is 0.859. The number of aliphatic carboxylic acids is 1. The van der Waals surface area contributed by atoms with Crippen LogP contribution in [0.15, 0.2) is 54.6 Å². The molecular formula is C19H21NO3. The number of carboxylic acid groups (broad SMARTS) is 1. The molecule has 0 aliphatic heterocycles. The predicted molar refractivity (Wildman–Crippen MR) is 89.3 cm³/mol. The average molecular weight is 311 g/mol. The van der Waals surface area contributed by atoms with Crippen LogP contribution in [0.5, 0.6) is 0 Å². The van der Waals surface area contributed by atoms with Crippen LogP contribution in [-0.2, 0) is 11.2 Å². The van der Waals surface area contributed by atoms with Crippen molar-refractivity contribution in [2.45, 2.75) is 26.3 Å². The van der Waals surface area contributed by atoms with Crippen molar-refractivity contribution >= 4 is 11.9 Å². The lowest BCUT2D eigenvalue weighted by Crippen LogP contribution is -2.35. The molecule has 2 unspecified atom stereocenters. The van der Waals surface area contributed by atoms with Crippen LogP contribution >= 0.6 is 0 Å². The highest BCUT2D eigenvalue weighted by molar-refractivity contribution is 5.94. The lowest BCUT2D eigenvalue weighted by atomic mass is 9.94. The van der Waals surface area contributed by atoms with Gasteiger partial charge in [0.25, 0.3) is 5.91 Å². The molecule has 0 heterocycles. The summed E-state index contributed by atoms with van der Waals surface area (Å²) >= 11 is 0. The summed E-state index contributed by atoms with van der Waals surface area (Å²) in [5.74, 6) is -1.94. The van der Waals surface area contributed by atoms with Crippen LogP contribution in [0.4, 0.5) is 0 Å². The van der Waals surface area contributed by atoms with Crippen molar-refractivity contribution in [3.05, 3.63) is 71.3 Å². The van der Waals surface area contributed by atoms with Gasteiger partial charge in [-0.25, -0.2) is 0 Å². The maximum Gasteiger partial charge on any atom is 0.308 e. The second-order valence-corrected chi connectivity index (χ2v) is 5.54. The molecule has 2 aromatic carbocycles. The van der Waals surface area contributed by atoms with Gasteiger partial charge in [-0.2, -0.15) is 0 Å². The largest absolute Gasteiger partial charge is 0.481 e. The van der Waals surface area contributed by atoms with E-state index in [9.17, 15) is 14.7 Å². The van der Waals surface area contributed by atoms with E-state index in [4.69, 9.17) is 0 Å². The summed E-state index contributed by atoms with van der Waals surface area (Å²) in [5, 5.41) is 12.2. The fourth-order valence-electron chi connectivity index (χ4n) is 2.42. The summed E-state index contributed by atoms with van der Waals surface area (Å²) < 4.78 is 0. The van der Waals surface area contributed by atoms with Gasteiger partial charge >= 0.3 is 5.97 Å². The van der Waals surface area contributed by atoms with E-state index in [1.807, 2.05) is 42.5 Å². The van der Waals surface area contributed by atoms with Crippen molar-refractivity contribution in [1.29, 1.82) is 0 Å². The zero-order chi connectivity index (χ0) is 16.8. The molecule has 0 spiro atoms. The molecule has 0 aromatic heterocycles. The average Bonchev–Trinajstić information content (AvgIpc) is 2.59. The molecule has 4 heteroatoms. The fraction of sp³-hybridized carbons (Fsp3) is 0.263. The van der Waals surface area contributed by atoms with E-state index in [1.54, 1.807) is 19.1 Å². The van der Waals surface area contributed by atoms with E-state index in [0.29, 0.717) is 5.56 Å². The fourth-order valence-corrected chi connectivity index (χ4v) is 2.42. The number of aryl methyl sites for hydroxylation is 1. The molecule has 1 amide bonds. The van der Waals surface area contributed by atoms with E-state index in [1.165, 1.54) is 0 Å². The Bertz CT molecular complexity index is 665. The topological polar surface area (TPSA) is 66.4 Å². The second-order valence-electron chi connectivity index (χ2n) is 5.54. The number of amides is 1. The Morgan fingerprint density at radius 3 is 2.17 bits per heavy atom. The molecule has 0 saturated carbocycles. The Kier molecular flexibility index (Phi) is 5.52. The molecule has 120 valence electrons. The molecular weight excluding hydrogens is 290 g/mol. The van der Waals surface area contributed by atoms with Gasteiger partial charge in [-0.15, -0.1) is 0 Å². The molecule has 0 aliphatic rings. The first-order chi connectivity index (χ1) is 11.0. The molecule has 2 aromatic rings. The Morgan fingerprint density at radius 2 is 1.65 bits per heavy atom. The van der Waals surface area contributed by atoms with Crippen LogP contribution in [0.1, 0.15) is 41.4 Å². The van der Waals surface area contributed by atoms with Gasteiger partial charge in [-0.05, 0) is 36.6 Å². The number of benzene rings is 2. The van der Waals surface area contributed by atoms with Crippen LogP contribution in [0.25, 0.3) is 0 Å². The van der Waals surface area contributed by atoms with Crippen molar-refractivity contribution in [3.8, 4) is 0 Å². The molecule has 2 N–H and O–H groups in total. The molecule has 0 fully saturated rings. The highest BCUT2D eigenvalue weighted by atomic mass is 16.4. The zero-order valence-electron chi connectivity index (χ0n) is 13.3. The van der Waals surface area contributed by atoms with Crippen LogP contribution < -0.4 is 5.32 Å². The van der Waals surface area contributed by atoms with Gasteiger partial charge in [0.05, 0.1) is 12.0 Å². The second kappa shape index (κ2) is 7.58. The summed E-state index contributed by atoms with van der Waals surface area (Å²) in [6, 6.07) is 15.9. The summed E-state index contributed by atoms with van der Waals surface area (Å²) in [5.41, 5.74) is 2.46. The van der Waals surface area contributed by atoms with E-state index in [2.05, 4.69) is 12.2 Å². The Hall–Kier alpha value is -2.62.